The highest BCUT2D eigenvalue weighted by atomic mass is 35.5. The number of benzene rings is 2. The number of anilines is 1. The lowest BCUT2D eigenvalue weighted by Gasteiger charge is -2.37. The molecule has 0 aromatic heterocycles. The predicted octanol–water partition coefficient (Wildman–Crippen LogP) is 4.71. The molecule has 1 fully saturated rings. The molecular weight excluding hydrogens is 316 g/mol. The molecular formula is C21H25ClN2. The number of nitrogens with zero attached hydrogens (tertiary/aromatic N) is 2. The van der Waals surface area contributed by atoms with Crippen LogP contribution >= 0.6 is 11.6 Å². The first kappa shape index (κ1) is 17.1. The molecule has 0 radical (unpaired) electrons. The summed E-state index contributed by atoms with van der Waals surface area (Å²) in [6.45, 7) is 9.44. The van der Waals surface area contributed by atoms with Crippen molar-refractivity contribution in [2.24, 2.45) is 0 Å². The fourth-order valence-corrected chi connectivity index (χ4v) is 3.51. The van der Waals surface area contributed by atoms with Crippen LogP contribution in [0.3, 0.4) is 0 Å². The van der Waals surface area contributed by atoms with E-state index in [0.29, 0.717) is 0 Å². The molecule has 0 amide bonds. The second-order valence-electron chi connectivity index (χ2n) is 6.48. The number of hydrogen-bond donors (Lipinski definition) is 0. The molecule has 1 aliphatic heterocycles. The van der Waals surface area contributed by atoms with E-state index in [0.717, 1.165) is 43.3 Å². The Morgan fingerprint density at radius 3 is 2.38 bits per heavy atom. The van der Waals surface area contributed by atoms with Gasteiger partial charge in [-0.15, -0.1) is 0 Å². The molecule has 1 aliphatic rings. The minimum atomic E-state index is 0.830. The van der Waals surface area contributed by atoms with Gasteiger partial charge in [-0.2, -0.15) is 0 Å². The normalized spacial score (nSPS) is 16.5. The van der Waals surface area contributed by atoms with Crippen molar-refractivity contribution in [1.29, 1.82) is 0 Å². The maximum Gasteiger partial charge on any atom is 0.0399 e. The molecule has 3 rings (SSSR count). The Balaban J connectivity index is 1.57. The Kier molecular flexibility index (Phi) is 5.60. The van der Waals surface area contributed by atoms with E-state index in [1.165, 1.54) is 16.8 Å². The standard InChI is InChI=1S/C21H25ClN2/c1-17-7-6-10-21(18(17)2)24-13-11-23(12-14-24)16-20(22)15-19-8-4-3-5-9-19/h3-10,15H,11-14,16H2,1-2H3. The van der Waals surface area contributed by atoms with Gasteiger partial charge in [0.15, 0.2) is 0 Å². The maximum absolute atomic E-state index is 6.45. The molecule has 0 spiro atoms. The summed E-state index contributed by atoms with van der Waals surface area (Å²) in [4.78, 5) is 4.93. The monoisotopic (exact) mass is 340 g/mol. The Hall–Kier alpha value is -1.77. The first-order valence-electron chi connectivity index (χ1n) is 8.58. The Morgan fingerprint density at radius 1 is 0.958 bits per heavy atom. The number of rotatable bonds is 4. The third-order valence-corrected chi connectivity index (χ3v) is 5.02. The molecule has 1 heterocycles. The van der Waals surface area contributed by atoms with Gasteiger partial charge in [0.1, 0.15) is 0 Å². The Bertz CT molecular complexity index is 701. The summed E-state index contributed by atoms with van der Waals surface area (Å²) in [5, 5.41) is 0.904. The van der Waals surface area contributed by atoms with E-state index in [9.17, 15) is 0 Å². The van der Waals surface area contributed by atoms with Crippen molar-refractivity contribution in [1.82, 2.24) is 4.90 Å². The molecule has 0 N–H and O–H groups in total. The van der Waals surface area contributed by atoms with Crippen LogP contribution in [0.2, 0.25) is 0 Å². The van der Waals surface area contributed by atoms with E-state index in [2.05, 4.69) is 60.1 Å². The molecule has 0 saturated carbocycles. The summed E-state index contributed by atoms with van der Waals surface area (Å²) in [6.07, 6.45) is 2.07. The summed E-state index contributed by atoms with van der Waals surface area (Å²) in [5.41, 5.74) is 5.30. The number of piperazine rings is 1. The molecule has 24 heavy (non-hydrogen) atoms. The van der Waals surface area contributed by atoms with Crippen molar-refractivity contribution in [3.05, 3.63) is 70.3 Å². The average molecular weight is 341 g/mol. The molecule has 0 atom stereocenters. The topological polar surface area (TPSA) is 6.48 Å². The quantitative estimate of drug-likeness (QED) is 0.795. The molecule has 2 aromatic rings. The lowest BCUT2D eigenvalue weighted by Crippen LogP contribution is -2.47. The van der Waals surface area contributed by atoms with Crippen molar-refractivity contribution in [3.63, 3.8) is 0 Å². The van der Waals surface area contributed by atoms with Gasteiger partial charge in [0.05, 0.1) is 0 Å². The molecule has 2 aromatic carbocycles. The predicted molar refractivity (Wildman–Crippen MR) is 105 cm³/mol. The van der Waals surface area contributed by atoms with Crippen molar-refractivity contribution in [2.75, 3.05) is 37.6 Å². The molecule has 0 aliphatic carbocycles. The summed E-state index contributed by atoms with van der Waals surface area (Å²) in [7, 11) is 0. The van der Waals surface area contributed by atoms with Gasteiger partial charge in [0.25, 0.3) is 0 Å². The van der Waals surface area contributed by atoms with Gasteiger partial charge in [0.2, 0.25) is 0 Å². The van der Waals surface area contributed by atoms with E-state index in [1.54, 1.807) is 0 Å². The average Bonchev–Trinajstić information content (AvgIpc) is 2.59. The van der Waals surface area contributed by atoms with E-state index in [-0.39, 0.29) is 0 Å². The lowest BCUT2D eigenvalue weighted by molar-refractivity contribution is 0.282. The van der Waals surface area contributed by atoms with Crippen LogP contribution < -0.4 is 4.90 Å². The van der Waals surface area contributed by atoms with E-state index in [1.807, 2.05) is 18.2 Å². The number of aryl methyl sites for hydroxylation is 1. The third kappa shape index (κ3) is 4.19. The van der Waals surface area contributed by atoms with Crippen LogP contribution in [-0.4, -0.2) is 37.6 Å². The van der Waals surface area contributed by atoms with E-state index in [4.69, 9.17) is 11.6 Å². The lowest BCUT2D eigenvalue weighted by atomic mass is 10.1. The fourth-order valence-electron chi connectivity index (χ4n) is 3.21. The smallest absolute Gasteiger partial charge is 0.0399 e. The van der Waals surface area contributed by atoms with Crippen LogP contribution in [0.1, 0.15) is 16.7 Å². The van der Waals surface area contributed by atoms with Gasteiger partial charge in [-0.25, -0.2) is 0 Å². The van der Waals surface area contributed by atoms with Crippen LogP contribution in [-0.2, 0) is 0 Å². The number of halogens is 1. The van der Waals surface area contributed by atoms with Crippen LogP contribution in [0.4, 0.5) is 5.69 Å². The highest BCUT2D eigenvalue weighted by Crippen LogP contribution is 2.24. The maximum atomic E-state index is 6.45. The fraction of sp³-hybridized carbons (Fsp3) is 0.333. The minimum absolute atomic E-state index is 0.830. The van der Waals surface area contributed by atoms with Gasteiger partial charge >= 0.3 is 0 Å². The van der Waals surface area contributed by atoms with Crippen LogP contribution in [0, 0.1) is 13.8 Å². The second kappa shape index (κ2) is 7.87. The van der Waals surface area contributed by atoms with Crippen molar-refractivity contribution in [2.45, 2.75) is 13.8 Å². The summed E-state index contributed by atoms with van der Waals surface area (Å²) < 4.78 is 0. The number of hydrogen-bond acceptors (Lipinski definition) is 2. The van der Waals surface area contributed by atoms with E-state index >= 15 is 0 Å². The van der Waals surface area contributed by atoms with Crippen molar-refractivity contribution >= 4 is 23.4 Å². The third-order valence-electron chi connectivity index (χ3n) is 4.79. The van der Waals surface area contributed by atoms with Gasteiger partial charge < -0.3 is 4.90 Å². The summed E-state index contributed by atoms with van der Waals surface area (Å²) in [5.74, 6) is 0. The summed E-state index contributed by atoms with van der Waals surface area (Å²) in [6, 6.07) is 16.9. The van der Waals surface area contributed by atoms with Crippen molar-refractivity contribution in [3.8, 4) is 0 Å². The summed E-state index contributed by atoms with van der Waals surface area (Å²) >= 11 is 6.45. The minimum Gasteiger partial charge on any atom is -0.369 e. The van der Waals surface area contributed by atoms with Crippen LogP contribution in [0.5, 0.6) is 0 Å². The zero-order valence-corrected chi connectivity index (χ0v) is 15.3. The molecule has 126 valence electrons. The van der Waals surface area contributed by atoms with Gasteiger partial charge in [-0.05, 0) is 42.7 Å². The van der Waals surface area contributed by atoms with Crippen LogP contribution in [0.15, 0.2) is 53.6 Å². The zero-order valence-electron chi connectivity index (χ0n) is 14.5. The molecule has 0 unspecified atom stereocenters. The first-order valence-corrected chi connectivity index (χ1v) is 8.96. The molecule has 1 saturated heterocycles. The van der Waals surface area contributed by atoms with Gasteiger partial charge in [-0.3, -0.25) is 4.90 Å². The largest absolute Gasteiger partial charge is 0.369 e. The van der Waals surface area contributed by atoms with Gasteiger partial charge in [-0.1, -0.05) is 54.1 Å². The van der Waals surface area contributed by atoms with Crippen molar-refractivity contribution < 1.29 is 0 Å². The Morgan fingerprint density at radius 2 is 1.67 bits per heavy atom. The van der Waals surface area contributed by atoms with Crippen LogP contribution in [0.25, 0.3) is 6.08 Å². The van der Waals surface area contributed by atoms with E-state index < -0.39 is 0 Å². The Labute approximate surface area is 150 Å². The zero-order chi connectivity index (χ0) is 16.9. The second-order valence-corrected chi connectivity index (χ2v) is 6.97. The first-order chi connectivity index (χ1) is 11.6. The highest BCUT2D eigenvalue weighted by molar-refractivity contribution is 6.31. The SMILES string of the molecule is Cc1cccc(N2CCN(CC(Cl)=Cc3ccccc3)CC2)c1C. The molecule has 2 nitrogen and oxygen atoms in total. The highest BCUT2D eigenvalue weighted by Gasteiger charge is 2.19. The van der Waals surface area contributed by atoms with Gasteiger partial charge in [0, 0.05) is 43.4 Å². The molecule has 0 bridgehead atoms. The molecule has 3 heteroatoms.